The summed E-state index contributed by atoms with van der Waals surface area (Å²) in [6.07, 6.45) is 9.69. The molecule has 0 radical (unpaired) electrons. The van der Waals surface area contributed by atoms with E-state index >= 15 is 0 Å². The van der Waals surface area contributed by atoms with Gasteiger partial charge in [0.2, 0.25) is 0 Å². The first kappa shape index (κ1) is 20.2. The normalized spacial score (nSPS) is 13.6. The van der Waals surface area contributed by atoms with Crippen molar-refractivity contribution in [1.82, 2.24) is 5.32 Å². The monoisotopic (exact) mass is 333 g/mol. The molecule has 0 aromatic heterocycles. The first-order chi connectivity index (χ1) is 11.5. The van der Waals surface area contributed by atoms with E-state index in [1.807, 2.05) is 30.3 Å². The molecule has 0 spiro atoms. The number of carbonyl (C=O) groups excluding carboxylic acids is 1. The molecule has 0 saturated heterocycles. The zero-order chi connectivity index (χ0) is 17.7. The summed E-state index contributed by atoms with van der Waals surface area (Å²) in [7, 11) is 0. The first-order valence-corrected chi connectivity index (χ1v) is 8.88. The number of unbranched alkanes of at least 4 members (excludes halogenated alkanes) is 4. The van der Waals surface area contributed by atoms with Crippen LogP contribution in [0.25, 0.3) is 0 Å². The Hall–Kier alpha value is -1.81. The first-order valence-electron chi connectivity index (χ1n) is 8.88. The molecule has 0 heterocycles. The van der Waals surface area contributed by atoms with Gasteiger partial charge in [-0.25, -0.2) is 4.79 Å². The van der Waals surface area contributed by atoms with Crippen LogP contribution in [0, 0.1) is 0 Å². The Morgan fingerprint density at radius 2 is 1.92 bits per heavy atom. The van der Waals surface area contributed by atoms with Crippen molar-refractivity contribution >= 4 is 6.09 Å². The van der Waals surface area contributed by atoms with Crippen molar-refractivity contribution in [2.45, 2.75) is 64.6 Å². The third-order valence-corrected chi connectivity index (χ3v) is 3.84. The molecule has 24 heavy (non-hydrogen) atoms. The fraction of sp³-hybridized carbons (Fsp3) is 0.550. The third kappa shape index (κ3) is 10.1. The molecule has 0 saturated carbocycles. The number of benzene rings is 1. The molecule has 1 rings (SSSR count). The molecule has 1 aromatic rings. The number of ether oxygens (including phenoxy) is 1. The fourth-order valence-corrected chi connectivity index (χ4v) is 2.40. The average molecular weight is 333 g/mol. The van der Waals surface area contributed by atoms with Gasteiger partial charge in [-0.3, -0.25) is 0 Å². The Bertz CT molecular complexity index is 483. The Balaban J connectivity index is 2.15. The molecule has 134 valence electrons. The van der Waals surface area contributed by atoms with Gasteiger partial charge < -0.3 is 15.2 Å². The van der Waals surface area contributed by atoms with Crippen molar-refractivity contribution in [2.75, 3.05) is 6.54 Å². The summed E-state index contributed by atoms with van der Waals surface area (Å²) in [4.78, 5) is 11.6. The van der Waals surface area contributed by atoms with Gasteiger partial charge >= 0.3 is 6.09 Å². The Morgan fingerprint density at radius 3 is 2.62 bits per heavy atom. The summed E-state index contributed by atoms with van der Waals surface area (Å²) in [5, 5.41) is 12.9. The van der Waals surface area contributed by atoms with Gasteiger partial charge in [0, 0.05) is 6.54 Å². The van der Waals surface area contributed by atoms with Crippen molar-refractivity contribution in [3.05, 3.63) is 48.0 Å². The molecule has 1 amide bonds. The zero-order valence-electron chi connectivity index (χ0n) is 15.0. The molecule has 0 aliphatic rings. The standard InChI is InChI=1S/C20H31NO3/c1-3-4-5-6-10-14-20(2,23)15-11-16-21-19(22)24-17-18-12-8-7-9-13-18/h7-9,11-13,15,23H,3-6,10,14,16-17H2,1-2H3,(H,21,22)/b15-11+. The minimum atomic E-state index is -0.818. The number of alkyl carbamates (subject to hydrolysis) is 1. The molecule has 0 fully saturated rings. The highest BCUT2D eigenvalue weighted by Crippen LogP contribution is 2.16. The van der Waals surface area contributed by atoms with Crippen molar-refractivity contribution in [1.29, 1.82) is 0 Å². The number of amides is 1. The van der Waals surface area contributed by atoms with Crippen LogP contribution in [0.2, 0.25) is 0 Å². The van der Waals surface area contributed by atoms with E-state index in [-0.39, 0.29) is 6.61 Å². The highest BCUT2D eigenvalue weighted by atomic mass is 16.5. The smallest absolute Gasteiger partial charge is 0.407 e. The summed E-state index contributed by atoms with van der Waals surface area (Å²) in [6.45, 7) is 4.60. The van der Waals surface area contributed by atoms with Gasteiger partial charge in [-0.1, -0.05) is 81.5 Å². The molecule has 0 bridgehead atoms. The van der Waals surface area contributed by atoms with Gasteiger partial charge in [0.1, 0.15) is 6.61 Å². The van der Waals surface area contributed by atoms with Gasteiger partial charge in [-0.15, -0.1) is 0 Å². The maximum absolute atomic E-state index is 11.6. The molecule has 0 aliphatic carbocycles. The maximum atomic E-state index is 11.6. The number of aliphatic hydroxyl groups is 1. The van der Waals surface area contributed by atoms with Crippen molar-refractivity contribution in [2.24, 2.45) is 0 Å². The highest BCUT2D eigenvalue weighted by molar-refractivity contribution is 5.67. The molecular formula is C20H31NO3. The third-order valence-electron chi connectivity index (χ3n) is 3.84. The molecule has 4 nitrogen and oxygen atoms in total. The van der Waals surface area contributed by atoms with Crippen LogP contribution in [0.1, 0.15) is 57.9 Å². The Morgan fingerprint density at radius 1 is 1.21 bits per heavy atom. The van der Waals surface area contributed by atoms with E-state index in [9.17, 15) is 9.90 Å². The second-order valence-corrected chi connectivity index (χ2v) is 6.37. The lowest BCUT2D eigenvalue weighted by atomic mass is 9.97. The van der Waals surface area contributed by atoms with Crippen LogP contribution in [0.3, 0.4) is 0 Å². The molecule has 4 heteroatoms. The van der Waals surface area contributed by atoms with Crippen LogP contribution in [0.5, 0.6) is 0 Å². The van der Waals surface area contributed by atoms with E-state index < -0.39 is 11.7 Å². The molecule has 0 aliphatic heterocycles. The summed E-state index contributed by atoms with van der Waals surface area (Å²) < 4.78 is 5.12. The lowest BCUT2D eigenvalue weighted by molar-refractivity contribution is 0.0980. The summed E-state index contributed by atoms with van der Waals surface area (Å²) in [6, 6.07) is 9.55. The molecule has 1 aromatic carbocycles. The van der Waals surface area contributed by atoms with Gasteiger partial charge in [-0.05, 0) is 18.9 Å². The second kappa shape index (κ2) is 11.7. The quantitative estimate of drug-likeness (QED) is 0.460. The van der Waals surface area contributed by atoms with Crippen molar-refractivity contribution < 1.29 is 14.6 Å². The molecular weight excluding hydrogens is 302 g/mol. The Kier molecular flexibility index (Phi) is 9.85. The van der Waals surface area contributed by atoms with Crippen LogP contribution in [0.4, 0.5) is 4.79 Å². The zero-order valence-corrected chi connectivity index (χ0v) is 15.0. The van der Waals surface area contributed by atoms with E-state index in [1.165, 1.54) is 19.3 Å². The summed E-state index contributed by atoms with van der Waals surface area (Å²) >= 11 is 0. The fourth-order valence-electron chi connectivity index (χ4n) is 2.40. The topological polar surface area (TPSA) is 58.6 Å². The molecule has 2 N–H and O–H groups in total. The largest absolute Gasteiger partial charge is 0.445 e. The maximum Gasteiger partial charge on any atom is 0.407 e. The number of rotatable bonds is 11. The van der Waals surface area contributed by atoms with Gasteiger partial charge in [0.05, 0.1) is 5.60 Å². The average Bonchev–Trinajstić information content (AvgIpc) is 2.57. The minimum absolute atomic E-state index is 0.256. The van der Waals surface area contributed by atoms with E-state index in [4.69, 9.17) is 4.74 Å². The molecule has 1 unspecified atom stereocenters. The lowest BCUT2D eigenvalue weighted by Gasteiger charge is -2.18. The lowest BCUT2D eigenvalue weighted by Crippen LogP contribution is -2.25. The Labute approximate surface area is 145 Å². The van der Waals surface area contributed by atoms with Gasteiger partial charge in [0.15, 0.2) is 0 Å². The van der Waals surface area contributed by atoms with Crippen LogP contribution in [0.15, 0.2) is 42.5 Å². The van der Waals surface area contributed by atoms with Crippen molar-refractivity contribution in [3.63, 3.8) is 0 Å². The van der Waals surface area contributed by atoms with E-state index in [0.717, 1.165) is 24.8 Å². The van der Waals surface area contributed by atoms with Crippen LogP contribution in [-0.4, -0.2) is 23.3 Å². The minimum Gasteiger partial charge on any atom is -0.445 e. The number of hydrogen-bond acceptors (Lipinski definition) is 3. The highest BCUT2D eigenvalue weighted by Gasteiger charge is 2.15. The SMILES string of the molecule is CCCCCCCC(C)(O)/C=C/CNC(=O)OCc1ccccc1. The van der Waals surface area contributed by atoms with Crippen LogP contribution in [-0.2, 0) is 11.3 Å². The summed E-state index contributed by atoms with van der Waals surface area (Å²) in [5.74, 6) is 0. The predicted molar refractivity (Wildman–Crippen MR) is 97.8 cm³/mol. The predicted octanol–water partition coefficient (Wildman–Crippen LogP) is 4.58. The van der Waals surface area contributed by atoms with E-state index in [0.29, 0.717) is 6.54 Å². The number of carbonyl (C=O) groups is 1. The van der Waals surface area contributed by atoms with Gasteiger partial charge in [-0.2, -0.15) is 0 Å². The molecule has 1 atom stereocenters. The van der Waals surface area contributed by atoms with E-state index in [2.05, 4.69) is 12.2 Å². The van der Waals surface area contributed by atoms with Crippen molar-refractivity contribution in [3.8, 4) is 0 Å². The van der Waals surface area contributed by atoms with Crippen LogP contribution >= 0.6 is 0 Å². The van der Waals surface area contributed by atoms with Crippen LogP contribution < -0.4 is 5.32 Å². The van der Waals surface area contributed by atoms with Gasteiger partial charge in [0.25, 0.3) is 0 Å². The number of nitrogens with one attached hydrogen (secondary N) is 1. The number of hydrogen-bond donors (Lipinski definition) is 2. The summed E-state index contributed by atoms with van der Waals surface area (Å²) in [5.41, 5.74) is 0.135. The van der Waals surface area contributed by atoms with E-state index in [1.54, 1.807) is 19.1 Å². The second-order valence-electron chi connectivity index (χ2n) is 6.37.